The Kier molecular flexibility index (Phi) is 4.60. The van der Waals surface area contributed by atoms with Crippen molar-refractivity contribution >= 4 is 10.0 Å². The number of aliphatic hydroxyl groups is 1. The second-order valence-corrected chi connectivity index (χ2v) is 5.30. The van der Waals surface area contributed by atoms with Gasteiger partial charge in [0.2, 0.25) is 10.0 Å². The van der Waals surface area contributed by atoms with Crippen LogP contribution in [-0.2, 0) is 10.0 Å². The Labute approximate surface area is 79.7 Å². The number of aliphatic hydroxyl groups excluding tert-OH is 1. The van der Waals surface area contributed by atoms with Crippen LogP contribution < -0.4 is 4.72 Å². The maximum Gasteiger partial charge on any atom is 0.215 e. The first kappa shape index (κ1) is 12.6. The standard InChI is InChI=1S/C8H17NO3S/c1-4-7-13(11,12)9-8(2,3)5-6-10/h4,9-10H,1,5-7H2,2-3H3. The molecule has 0 saturated carbocycles. The highest BCUT2D eigenvalue weighted by Gasteiger charge is 2.22. The van der Waals surface area contributed by atoms with Gasteiger partial charge in [-0.15, -0.1) is 6.58 Å². The maximum atomic E-state index is 11.3. The summed E-state index contributed by atoms with van der Waals surface area (Å²) in [5.41, 5.74) is -0.601. The van der Waals surface area contributed by atoms with Crippen LogP contribution in [0.5, 0.6) is 0 Å². The largest absolute Gasteiger partial charge is 0.396 e. The molecule has 0 radical (unpaired) electrons. The van der Waals surface area contributed by atoms with E-state index in [1.54, 1.807) is 13.8 Å². The van der Waals surface area contributed by atoms with Crippen molar-refractivity contribution in [2.24, 2.45) is 0 Å². The fraction of sp³-hybridized carbons (Fsp3) is 0.750. The number of hydrogen-bond donors (Lipinski definition) is 2. The lowest BCUT2D eigenvalue weighted by Crippen LogP contribution is -2.44. The van der Waals surface area contributed by atoms with E-state index in [0.29, 0.717) is 6.42 Å². The van der Waals surface area contributed by atoms with Crippen LogP contribution in [0.4, 0.5) is 0 Å². The van der Waals surface area contributed by atoms with Crippen molar-refractivity contribution in [1.82, 2.24) is 4.72 Å². The second-order valence-electron chi connectivity index (χ2n) is 3.53. The molecule has 5 heteroatoms. The van der Waals surface area contributed by atoms with Crippen LogP contribution in [-0.4, -0.2) is 31.4 Å². The van der Waals surface area contributed by atoms with Crippen molar-refractivity contribution in [1.29, 1.82) is 0 Å². The molecule has 0 atom stereocenters. The fourth-order valence-electron chi connectivity index (χ4n) is 0.948. The third-order valence-corrected chi connectivity index (χ3v) is 3.04. The van der Waals surface area contributed by atoms with E-state index < -0.39 is 15.6 Å². The third-order valence-electron chi connectivity index (χ3n) is 1.51. The Morgan fingerprint density at radius 3 is 2.46 bits per heavy atom. The van der Waals surface area contributed by atoms with Gasteiger partial charge >= 0.3 is 0 Å². The zero-order valence-electron chi connectivity index (χ0n) is 8.08. The Morgan fingerprint density at radius 1 is 1.54 bits per heavy atom. The molecule has 0 aromatic heterocycles. The Hall–Kier alpha value is -0.390. The summed E-state index contributed by atoms with van der Waals surface area (Å²) >= 11 is 0. The Morgan fingerprint density at radius 2 is 2.08 bits per heavy atom. The molecule has 0 aromatic carbocycles. The fourth-order valence-corrected chi connectivity index (χ4v) is 2.29. The normalized spacial score (nSPS) is 12.8. The van der Waals surface area contributed by atoms with Crippen molar-refractivity contribution in [3.63, 3.8) is 0 Å². The van der Waals surface area contributed by atoms with Gasteiger partial charge in [0.05, 0.1) is 5.75 Å². The Bertz CT molecular complexity index is 257. The highest BCUT2D eigenvalue weighted by Crippen LogP contribution is 2.09. The molecule has 0 fully saturated rings. The molecule has 4 nitrogen and oxygen atoms in total. The molecule has 0 rings (SSSR count). The maximum absolute atomic E-state index is 11.3. The van der Waals surface area contributed by atoms with E-state index in [1.807, 2.05) is 0 Å². The lowest BCUT2D eigenvalue weighted by atomic mass is 10.0. The highest BCUT2D eigenvalue weighted by molar-refractivity contribution is 7.89. The summed E-state index contributed by atoms with van der Waals surface area (Å²) in [4.78, 5) is 0. The average molecular weight is 207 g/mol. The number of sulfonamides is 1. The molecule has 0 aliphatic carbocycles. The molecule has 0 heterocycles. The number of nitrogens with one attached hydrogen (secondary N) is 1. The molecule has 0 bridgehead atoms. The van der Waals surface area contributed by atoms with Crippen molar-refractivity contribution in [2.75, 3.05) is 12.4 Å². The van der Waals surface area contributed by atoms with Gasteiger partial charge in [0.25, 0.3) is 0 Å². The van der Waals surface area contributed by atoms with Crippen molar-refractivity contribution in [2.45, 2.75) is 25.8 Å². The quantitative estimate of drug-likeness (QED) is 0.614. The number of rotatable bonds is 6. The van der Waals surface area contributed by atoms with Crippen LogP contribution >= 0.6 is 0 Å². The molecule has 0 unspecified atom stereocenters. The zero-order valence-corrected chi connectivity index (χ0v) is 8.89. The van der Waals surface area contributed by atoms with Crippen LogP contribution in [0.15, 0.2) is 12.7 Å². The lowest BCUT2D eigenvalue weighted by molar-refractivity contribution is 0.246. The van der Waals surface area contributed by atoms with E-state index in [4.69, 9.17) is 5.11 Å². The predicted octanol–water partition coefficient (Wildman–Crippen LogP) is 0.253. The second kappa shape index (κ2) is 4.74. The van der Waals surface area contributed by atoms with E-state index in [9.17, 15) is 8.42 Å². The first-order chi connectivity index (χ1) is 5.83. The molecule has 0 amide bonds. The molecule has 0 aromatic rings. The smallest absolute Gasteiger partial charge is 0.215 e. The highest BCUT2D eigenvalue weighted by atomic mass is 32.2. The van der Waals surface area contributed by atoms with Gasteiger partial charge in [-0.1, -0.05) is 6.08 Å². The van der Waals surface area contributed by atoms with E-state index >= 15 is 0 Å². The first-order valence-electron chi connectivity index (χ1n) is 4.06. The van der Waals surface area contributed by atoms with E-state index in [-0.39, 0.29) is 12.4 Å². The summed E-state index contributed by atoms with van der Waals surface area (Å²) in [6.07, 6.45) is 1.72. The van der Waals surface area contributed by atoms with Crippen LogP contribution in [0.2, 0.25) is 0 Å². The molecule has 0 saturated heterocycles. The molecule has 0 aliphatic heterocycles. The summed E-state index contributed by atoms with van der Waals surface area (Å²) in [5, 5.41) is 8.67. The van der Waals surface area contributed by atoms with Crippen molar-refractivity contribution < 1.29 is 13.5 Å². The summed E-state index contributed by atoms with van der Waals surface area (Å²) in [6.45, 7) is 6.77. The lowest BCUT2D eigenvalue weighted by Gasteiger charge is -2.24. The average Bonchev–Trinajstić information content (AvgIpc) is 1.82. The van der Waals surface area contributed by atoms with Crippen LogP contribution in [0.1, 0.15) is 20.3 Å². The number of hydrogen-bond acceptors (Lipinski definition) is 3. The van der Waals surface area contributed by atoms with Crippen LogP contribution in [0, 0.1) is 0 Å². The van der Waals surface area contributed by atoms with Gasteiger partial charge in [-0.3, -0.25) is 0 Å². The molecule has 0 spiro atoms. The van der Waals surface area contributed by atoms with Crippen molar-refractivity contribution in [3.05, 3.63) is 12.7 Å². The minimum absolute atomic E-state index is 0.0381. The molecular weight excluding hydrogens is 190 g/mol. The van der Waals surface area contributed by atoms with E-state index in [0.717, 1.165) is 0 Å². The monoisotopic (exact) mass is 207 g/mol. The predicted molar refractivity (Wildman–Crippen MR) is 52.9 cm³/mol. The third kappa shape index (κ3) is 5.79. The molecule has 13 heavy (non-hydrogen) atoms. The molecule has 0 aliphatic rings. The zero-order chi connectivity index (χ0) is 10.5. The van der Waals surface area contributed by atoms with Gasteiger partial charge in [-0.25, -0.2) is 13.1 Å². The minimum Gasteiger partial charge on any atom is -0.396 e. The van der Waals surface area contributed by atoms with Gasteiger partial charge in [0.1, 0.15) is 0 Å². The van der Waals surface area contributed by atoms with Gasteiger partial charge in [-0.05, 0) is 20.3 Å². The van der Waals surface area contributed by atoms with E-state index in [2.05, 4.69) is 11.3 Å². The first-order valence-corrected chi connectivity index (χ1v) is 5.71. The van der Waals surface area contributed by atoms with Crippen molar-refractivity contribution in [3.8, 4) is 0 Å². The minimum atomic E-state index is -3.29. The summed E-state index contributed by atoms with van der Waals surface area (Å²) in [5.74, 6) is -0.0954. The van der Waals surface area contributed by atoms with E-state index in [1.165, 1.54) is 6.08 Å². The molecule has 2 N–H and O–H groups in total. The summed E-state index contributed by atoms with van der Waals surface area (Å²) in [6, 6.07) is 0. The topological polar surface area (TPSA) is 66.4 Å². The van der Waals surface area contributed by atoms with Gasteiger partial charge in [0.15, 0.2) is 0 Å². The Balaban J connectivity index is 4.33. The van der Waals surface area contributed by atoms with Crippen LogP contribution in [0.25, 0.3) is 0 Å². The molecular formula is C8H17NO3S. The van der Waals surface area contributed by atoms with Gasteiger partial charge < -0.3 is 5.11 Å². The summed E-state index contributed by atoms with van der Waals surface area (Å²) in [7, 11) is -3.29. The van der Waals surface area contributed by atoms with Gasteiger partial charge in [-0.2, -0.15) is 0 Å². The molecule has 78 valence electrons. The SMILES string of the molecule is C=CCS(=O)(=O)NC(C)(C)CCO. The van der Waals surface area contributed by atoms with Crippen LogP contribution in [0.3, 0.4) is 0 Å². The van der Waals surface area contributed by atoms with Gasteiger partial charge in [0, 0.05) is 12.1 Å². The summed E-state index contributed by atoms with van der Waals surface area (Å²) < 4.78 is 25.0.